The smallest absolute Gasteiger partial charge is 0.256 e. The summed E-state index contributed by atoms with van der Waals surface area (Å²) in [6, 6.07) is 1.61. The molecule has 2 aromatic heterocycles. The van der Waals surface area contributed by atoms with E-state index in [2.05, 4.69) is 31.3 Å². The molecule has 9 heteroatoms. The third-order valence-corrected chi connectivity index (χ3v) is 4.24. The number of hydrogen-bond acceptors (Lipinski definition) is 6. The van der Waals surface area contributed by atoms with Gasteiger partial charge in [-0.3, -0.25) is 9.59 Å². The van der Waals surface area contributed by atoms with E-state index in [1.807, 2.05) is 6.08 Å². The monoisotopic (exact) mass is 341 g/mol. The van der Waals surface area contributed by atoms with Crippen molar-refractivity contribution < 1.29 is 9.59 Å². The first-order valence-electron chi connectivity index (χ1n) is 8.25. The molecule has 2 amide bonds. The number of nitrogens with one attached hydrogen (secondary N) is 4. The average Bonchev–Trinajstić information content (AvgIpc) is 3.32. The van der Waals surface area contributed by atoms with Crippen molar-refractivity contribution in [3.63, 3.8) is 0 Å². The zero-order valence-corrected chi connectivity index (χ0v) is 13.7. The van der Waals surface area contributed by atoms with Crippen LogP contribution in [0.15, 0.2) is 24.5 Å². The van der Waals surface area contributed by atoms with Crippen LogP contribution in [-0.4, -0.2) is 45.5 Å². The Bertz CT molecular complexity index is 869. The van der Waals surface area contributed by atoms with Crippen molar-refractivity contribution in [2.45, 2.75) is 31.3 Å². The molecule has 4 rings (SSSR count). The minimum absolute atomic E-state index is 0.115. The van der Waals surface area contributed by atoms with E-state index < -0.39 is 6.04 Å². The van der Waals surface area contributed by atoms with Crippen LogP contribution < -0.4 is 21.3 Å². The van der Waals surface area contributed by atoms with Gasteiger partial charge in [0.2, 0.25) is 5.91 Å². The Morgan fingerprint density at radius 3 is 2.96 bits per heavy atom. The maximum absolute atomic E-state index is 12.4. The zero-order chi connectivity index (χ0) is 17.4. The third kappa shape index (κ3) is 3.00. The van der Waals surface area contributed by atoms with E-state index in [1.165, 1.54) is 6.20 Å². The van der Waals surface area contributed by atoms with E-state index in [9.17, 15) is 9.59 Å². The van der Waals surface area contributed by atoms with Gasteiger partial charge >= 0.3 is 0 Å². The second-order valence-corrected chi connectivity index (χ2v) is 6.16. The van der Waals surface area contributed by atoms with Gasteiger partial charge in [-0.05, 0) is 25.5 Å². The highest BCUT2D eigenvalue weighted by Crippen LogP contribution is 2.22. The highest BCUT2D eigenvalue weighted by molar-refractivity contribution is 6.00. The van der Waals surface area contributed by atoms with Gasteiger partial charge in [-0.2, -0.15) is 9.61 Å². The van der Waals surface area contributed by atoms with Crippen LogP contribution in [0.5, 0.6) is 0 Å². The molecule has 1 atom stereocenters. The second kappa shape index (κ2) is 6.08. The van der Waals surface area contributed by atoms with Crippen LogP contribution >= 0.6 is 0 Å². The normalized spacial score (nSPS) is 19.6. The number of amides is 2. The first-order chi connectivity index (χ1) is 12.2. The summed E-state index contributed by atoms with van der Waals surface area (Å²) in [4.78, 5) is 28.8. The van der Waals surface area contributed by atoms with Crippen LogP contribution in [0.25, 0.3) is 5.65 Å². The van der Waals surface area contributed by atoms with E-state index in [1.54, 1.807) is 23.8 Å². The first kappa shape index (κ1) is 15.4. The fourth-order valence-electron chi connectivity index (χ4n) is 2.72. The number of rotatable bonds is 5. The molecule has 130 valence electrons. The van der Waals surface area contributed by atoms with Gasteiger partial charge in [-0.25, -0.2) is 4.98 Å². The van der Waals surface area contributed by atoms with Gasteiger partial charge in [-0.15, -0.1) is 0 Å². The fourth-order valence-corrected chi connectivity index (χ4v) is 2.72. The molecule has 1 unspecified atom stereocenters. The standard InChI is InChI=1S/C16H19N7O2/c1-17-13-7-12(21-11-3-2-6-18-16(11)25)22-14-10(8-19-23(13)14)15(24)20-9-4-5-9/h2,6-9,11,17H,3-5H2,1H3,(H,18,25)(H,20,24)(H,21,22). The summed E-state index contributed by atoms with van der Waals surface area (Å²) in [5.74, 6) is 0.885. The summed E-state index contributed by atoms with van der Waals surface area (Å²) in [5, 5.41) is 16.0. The lowest BCUT2D eigenvalue weighted by Gasteiger charge is -2.20. The van der Waals surface area contributed by atoms with Crippen LogP contribution in [-0.2, 0) is 4.79 Å². The molecule has 0 radical (unpaired) electrons. The third-order valence-electron chi connectivity index (χ3n) is 4.24. The Hall–Kier alpha value is -3.10. The molecular weight excluding hydrogens is 322 g/mol. The van der Waals surface area contributed by atoms with Crippen LogP contribution in [0.2, 0.25) is 0 Å². The molecule has 0 aromatic carbocycles. The van der Waals surface area contributed by atoms with Crippen molar-refractivity contribution in [1.29, 1.82) is 0 Å². The largest absolute Gasteiger partial charge is 0.373 e. The van der Waals surface area contributed by atoms with Crippen molar-refractivity contribution in [3.8, 4) is 0 Å². The summed E-state index contributed by atoms with van der Waals surface area (Å²) < 4.78 is 1.58. The predicted molar refractivity (Wildman–Crippen MR) is 92.3 cm³/mol. The topological polar surface area (TPSA) is 112 Å². The molecule has 1 aliphatic carbocycles. The number of anilines is 2. The molecule has 1 saturated carbocycles. The van der Waals surface area contributed by atoms with Gasteiger partial charge in [0.15, 0.2) is 5.65 Å². The van der Waals surface area contributed by atoms with Crippen molar-refractivity contribution in [3.05, 3.63) is 30.1 Å². The lowest BCUT2D eigenvalue weighted by atomic mass is 10.1. The van der Waals surface area contributed by atoms with E-state index in [4.69, 9.17) is 0 Å². The van der Waals surface area contributed by atoms with E-state index >= 15 is 0 Å². The van der Waals surface area contributed by atoms with Crippen LogP contribution in [0.4, 0.5) is 11.6 Å². The molecular formula is C16H19N7O2. The highest BCUT2D eigenvalue weighted by atomic mass is 16.2. The summed E-state index contributed by atoms with van der Waals surface area (Å²) in [6.07, 6.45) is 7.62. The zero-order valence-electron chi connectivity index (χ0n) is 13.7. The first-order valence-corrected chi connectivity index (χ1v) is 8.25. The molecule has 2 aromatic rings. The Balaban J connectivity index is 1.68. The quantitative estimate of drug-likeness (QED) is 0.629. The van der Waals surface area contributed by atoms with Crippen LogP contribution in [0.1, 0.15) is 29.6 Å². The molecule has 3 heterocycles. The summed E-state index contributed by atoms with van der Waals surface area (Å²) >= 11 is 0. The number of carbonyl (C=O) groups is 2. The lowest BCUT2D eigenvalue weighted by molar-refractivity contribution is -0.121. The molecule has 25 heavy (non-hydrogen) atoms. The lowest BCUT2D eigenvalue weighted by Crippen LogP contribution is -2.39. The van der Waals surface area contributed by atoms with E-state index in [0.29, 0.717) is 29.3 Å². The minimum atomic E-state index is -0.406. The second-order valence-electron chi connectivity index (χ2n) is 6.16. The van der Waals surface area contributed by atoms with Gasteiger partial charge in [0, 0.05) is 19.2 Å². The minimum Gasteiger partial charge on any atom is -0.373 e. The Kier molecular flexibility index (Phi) is 3.75. The maximum Gasteiger partial charge on any atom is 0.256 e. The molecule has 1 fully saturated rings. The highest BCUT2D eigenvalue weighted by Gasteiger charge is 2.26. The Labute approximate surface area is 143 Å². The van der Waals surface area contributed by atoms with Crippen molar-refractivity contribution in [2.75, 3.05) is 17.7 Å². The van der Waals surface area contributed by atoms with Crippen molar-refractivity contribution in [1.82, 2.24) is 25.2 Å². The molecule has 0 spiro atoms. The van der Waals surface area contributed by atoms with Crippen molar-refractivity contribution >= 4 is 29.1 Å². The van der Waals surface area contributed by atoms with Gasteiger partial charge in [0.1, 0.15) is 23.2 Å². The van der Waals surface area contributed by atoms with E-state index in [0.717, 1.165) is 12.8 Å². The number of nitrogens with zero attached hydrogens (tertiary/aromatic N) is 3. The van der Waals surface area contributed by atoms with Gasteiger partial charge < -0.3 is 21.3 Å². The maximum atomic E-state index is 12.4. The number of hydrogen-bond donors (Lipinski definition) is 4. The summed E-state index contributed by atoms with van der Waals surface area (Å²) in [5.41, 5.74) is 0.860. The number of fused-ring (bicyclic) bond motifs is 1. The molecule has 2 aliphatic rings. The van der Waals surface area contributed by atoms with Crippen molar-refractivity contribution in [2.24, 2.45) is 0 Å². The van der Waals surface area contributed by atoms with E-state index in [-0.39, 0.29) is 17.9 Å². The molecule has 1 aliphatic heterocycles. The average molecular weight is 341 g/mol. The fraction of sp³-hybridized carbons (Fsp3) is 0.375. The predicted octanol–water partition coefficient (Wildman–Crippen LogP) is 0.477. The molecule has 4 N–H and O–H groups in total. The molecule has 9 nitrogen and oxygen atoms in total. The molecule has 0 saturated heterocycles. The Morgan fingerprint density at radius 1 is 1.40 bits per heavy atom. The van der Waals surface area contributed by atoms with Crippen LogP contribution in [0, 0.1) is 0 Å². The summed E-state index contributed by atoms with van der Waals surface area (Å²) in [6.45, 7) is 0. The van der Waals surface area contributed by atoms with Gasteiger partial charge in [-0.1, -0.05) is 6.08 Å². The number of carbonyl (C=O) groups excluding carboxylic acids is 2. The summed E-state index contributed by atoms with van der Waals surface area (Å²) in [7, 11) is 1.76. The van der Waals surface area contributed by atoms with Crippen LogP contribution in [0.3, 0.4) is 0 Å². The SMILES string of the molecule is CNc1cc(NC2CC=CNC2=O)nc2c(C(=O)NC3CC3)cnn12. The van der Waals surface area contributed by atoms with Gasteiger partial charge in [0.05, 0.1) is 6.20 Å². The molecule has 0 bridgehead atoms. The Morgan fingerprint density at radius 2 is 2.24 bits per heavy atom. The number of aromatic nitrogens is 3. The van der Waals surface area contributed by atoms with Gasteiger partial charge in [0.25, 0.3) is 5.91 Å².